The lowest BCUT2D eigenvalue weighted by molar-refractivity contribution is 0.659. The van der Waals surface area contributed by atoms with Crippen molar-refractivity contribution in [3.63, 3.8) is 0 Å². The van der Waals surface area contributed by atoms with Crippen molar-refractivity contribution in [1.29, 1.82) is 0 Å². The third-order valence-corrected chi connectivity index (χ3v) is 3.18. The van der Waals surface area contributed by atoms with Gasteiger partial charge in [-0.05, 0) is 12.8 Å². The SMILES string of the molecule is Cn1ccn2c(C3CCCC3)nnc12. The van der Waals surface area contributed by atoms with Crippen molar-refractivity contribution in [3.05, 3.63) is 18.2 Å². The van der Waals surface area contributed by atoms with Gasteiger partial charge in [-0.2, -0.15) is 0 Å². The summed E-state index contributed by atoms with van der Waals surface area (Å²) in [6.07, 6.45) is 9.32. The summed E-state index contributed by atoms with van der Waals surface area (Å²) in [5.41, 5.74) is 0. The molecule has 4 nitrogen and oxygen atoms in total. The molecule has 0 amide bonds. The standard InChI is InChI=1S/C10H14N4/c1-13-6-7-14-9(11-12-10(13)14)8-4-2-3-5-8/h6-8H,2-5H2,1H3. The predicted octanol–water partition coefficient (Wildman–Crippen LogP) is 1.73. The van der Waals surface area contributed by atoms with Crippen LogP contribution in [0.5, 0.6) is 0 Å². The Morgan fingerprint density at radius 3 is 2.79 bits per heavy atom. The minimum absolute atomic E-state index is 0.632. The molecule has 2 heterocycles. The van der Waals surface area contributed by atoms with Crippen LogP contribution in [0.2, 0.25) is 0 Å². The molecule has 1 saturated carbocycles. The summed E-state index contributed by atoms with van der Waals surface area (Å²) in [6, 6.07) is 0. The molecule has 0 aromatic carbocycles. The molecular formula is C10H14N4. The molecule has 0 radical (unpaired) electrons. The van der Waals surface area contributed by atoms with Gasteiger partial charge < -0.3 is 4.57 Å². The van der Waals surface area contributed by atoms with Gasteiger partial charge in [-0.25, -0.2) is 0 Å². The summed E-state index contributed by atoms with van der Waals surface area (Å²) in [7, 11) is 2.00. The fourth-order valence-electron chi connectivity index (χ4n) is 2.37. The molecule has 2 aromatic heterocycles. The number of nitrogens with zero attached hydrogens (tertiary/aromatic N) is 4. The van der Waals surface area contributed by atoms with Crippen molar-refractivity contribution < 1.29 is 0 Å². The van der Waals surface area contributed by atoms with Gasteiger partial charge in [-0.1, -0.05) is 12.8 Å². The van der Waals surface area contributed by atoms with Crippen LogP contribution in [0.4, 0.5) is 0 Å². The van der Waals surface area contributed by atoms with E-state index in [-0.39, 0.29) is 0 Å². The summed E-state index contributed by atoms with van der Waals surface area (Å²) >= 11 is 0. The van der Waals surface area contributed by atoms with Crippen molar-refractivity contribution >= 4 is 5.78 Å². The predicted molar refractivity (Wildman–Crippen MR) is 53.2 cm³/mol. The van der Waals surface area contributed by atoms with E-state index in [0.29, 0.717) is 5.92 Å². The number of rotatable bonds is 1. The van der Waals surface area contributed by atoms with Crippen molar-refractivity contribution in [2.75, 3.05) is 0 Å². The molecule has 0 unspecified atom stereocenters. The molecule has 1 aliphatic carbocycles. The third kappa shape index (κ3) is 0.997. The van der Waals surface area contributed by atoms with Crippen molar-refractivity contribution in [2.24, 2.45) is 7.05 Å². The lowest BCUT2D eigenvalue weighted by Gasteiger charge is -2.03. The molecule has 3 rings (SSSR count). The van der Waals surface area contributed by atoms with Gasteiger partial charge in [0.2, 0.25) is 5.78 Å². The Bertz CT molecular complexity index is 448. The molecule has 0 bridgehead atoms. The minimum Gasteiger partial charge on any atom is -0.319 e. The molecule has 2 aromatic rings. The van der Waals surface area contributed by atoms with Gasteiger partial charge in [0, 0.05) is 25.4 Å². The molecule has 0 aliphatic heterocycles. The molecule has 0 saturated heterocycles. The van der Waals surface area contributed by atoms with Crippen molar-refractivity contribution in [2.45, 2.75) is 31.6 Å². The van der Waals surface area contributed by atoms with Gasteiger partial charge in [0.05, 0.1) is 0 Å². The van der Waals surface area contributed by atoms with Crippen molar-refractivity contribution in [1.82, 2.24) is 19.2 Å². The van der Waals surface area contributed by atoms with Crippen LogP contribution in [0.1, 0.15) is 37.4 Å². The summed E-state index contributed by atoms with van der Waals surface area (Å²) in [5.74, 6) is 2.73. The van der Waals surface area contributed by atoms with E-state index in [1.54, 1.807) is 0 Å². The van der Waals surface area contributed by atoms with E-state index in [9.17, 15) is 0 Å². The smallest absolute Gasteiger partial charge is 0.235 e. The summed E-state index contributed by atoms with van der Waals surface area (Å²) in [6.45, 7) is 0. The first kappa shape index (κ1) is 8.03. The lowest BCUT2D eigenvalue weighted by atomic mass is 10.1. The molecule has 74 valence electrons. The van der Waals surface area contributed by atoms with Gasteiger partial charge in [0.1, 0.15) is 5.82 Å². The molecule has 1 fully saturated rings. The van der Waals surface area contributed by atoms with Crippen LogP contribution in [0.25, 0.3) is 5.78 Å². The molecule has 1 aliphatic rings. The van der Waals surface area contributed by atoms with Gasteiger partial charge in [0.25, 0.3) is 0 Å². The normalized spacial score (nSPS) is 18.4. The van der Waals surface area contributed by atoms with Gasteiger partial charge in [-0.15, -0.1) is 10.2 Å². The second-order valence-electron chi connectivity index (χ2n) is 4.12. The van der Waals surface area contributed by atoms with Crippen LogP contribution >= 0.6 is 0 Å². The second kappa shape index (κ2) is 2.83. The Hall–Kier alpha value is -1.32. The maximum Gasteiger partial charge on any atom is 0.235 e. The molecule has 0 atom stereocenters. The summed E-state index contributed by atoms with van der Waals surface area (Å²) in [4.78, 5) is 0. The van der Waals surface area contributed by atoms with E-state index in [1.807, 2.05) is 17.8 Å². The molecule has 4 heteroatoms. The molecular weight excluding hydrogens is 176 g/mol. The van der Waals surface area contributed by atoms with Crippen LogP contribution in [-0.4, -0.2) is 19.2 Å². The molecule has 14 heavy (non-hydrogen) atoms. The number of fused-ring (bicyclic) bond motifs is 1. The highest BCUT2D eigenvalue weighted by Crippen LogP contribution is 2.32. The average molecular weight is 190 g/mol. The van der Waals surface area contributed by atoms with Gasteiger partial charge >= 0.3 is 0 Å². The van der Waals surface area contributed by atoms with Crippen LogP contribution in [0.15, 0.2) is 12.4 Å². The van der Waals surface area contributed by atoms with Gasteiger partial charge in [-0.3, -0.25) is 4.40 Å². The van der Waals surface area contributed by atoms with E-state index in [4.69, 9.17) is 0 Å². The lowest BCUT2D eigenvalue weighted by Crippen LogP contribution is -1.98. The van der Waals surface area contributed by atoms with Crippen LogP contribution in [-0.2, 0) is 7.05 Å². The van der Waals surface area contributed by atoms with E-state index in [0.717, 1.165) is 11.6 Å². The monoisotopic (exact) mass is 190 g/mol. The first-order chi connectivity index (χ1) is 6.86. The van der Waals surface area contributed by atoms with E-state index >= 15 is 0 Å². The Morgan fingerprint density at radius 1 is 1.21 bits per heavy atom. The Labute approximate surface area is 82.6 Å². The van der Waals surface area contributed by atoms with Crippen molar-refractivity contribution in [3.8, 4) is 0 Å². The van der Waals surface area contributed by atoms with Crippen LogP contribution < -0.4 is 0 Å². The largest absolute Gasteiger partial charge is 0.319 e. The van der Waals surface area contributed by atoms with Crippen LogP contribution in [0, 0.1) is 0 Å². The number of aromatic nitrogens is 4. The Balaban J connectivity index is 2.11. The topological polar surface area (TPSA) is 35.1 Å². The average Bonchev–Trinajstić information content (AvgIpc) is 2.84. The number of hydrogen-bond acceptors (Lipinski definition) is 2. The zero-order chi connectivity index (χ0) is 9.54. The highest BCUT2D eigenvalue weighted by molar-refractivity contribution is 5.30. The summed E-state index contributed by atoms with van der Waals surface area (Å²) < 4.78 is 4.13. The fourth-order valence-corrected chi connectivity index (χ4v) is 2.37. The summed E-state index contributed by atoms with van der Waals surface area (Å²) in [5, 5.41) is 8.49. The first-order valence-corrected chi connectivity index (χ1v) is 5.22. The maximum absolute atomic E-state index is 4.29. The second-order valence-corrected chi connectivity index (χ2v) is 4.12. The Kier molecular flexibility index (Phi) is 1.63. The highest BCUT2D eigenvalue weighted by atomic mass is 15.3. The number of imidazole rings is 1. The first-order valence-electron chi connectivity index (χ1n) is 5.22. The minimum atomic E-state index is 0.632. The van der Waals surface area contributed by atoms with Gasteiger partial charge in [0.15, 0.2) is 0 Å². The Morgan fingerprint density at radius 2 is 2.00 bits per heavy atom. The van der Waals surface area contributed by atoms with E-state index in [1.165, 1.54) is 25.7 Å². The fraction of sp³-hybridized carbons (Fsp3) is 0.600. The van der Waals surface area contributed by atoms with E-state index < -0.39 is 0 Å². The molecule has 0 spiro atoms. The number of hydrogen-bond donors (Lipinski definition) is 0. The quantitative estimate of drug-likeness (QED) is 0.686. The van der Waals surface area contributed by atoms with Crippen LogP contribution in [0.3, 0.4) is 0 Å². The zero-order valence-corrected chi connectivity index (χ0v) is 8.35. The molecule has 0 N–H and O–H groups in total. The van der Waals surface area contributed by atoms with E-state index in [2.05, 4.69) is 20.8 Å². The highest BCUT2D eigenvalue weighted by Gasteiger charge is 2.22. The number of aryl methyl sites for hydroxylation is 1. The third-order valence-electron chi connectivity index (χ3n) is 3.18. The zero-order valence-electron chi connectivity index (χ0n) is 8.35. The maximum atomic E-state index is 4.29.